The molecule has 130 valence electrons. The predicted molar refractivity (Wildman–Crippen MR) is 103 cm³/mol. The first-order valence-corrected chi connectivity index (χ1v) is 8.27. The fraction of sp³-hybridized carbons (Fsp3) is 0.0556. The maximum Gasteiger partial charge on any atom is 0.253 e. The lowest BCUT2D eigenvalue weighted by Crippen LogP contribution is -2.36. The SMILES string of the molecule is O=c1c(NCc2cccc(O)c2)c(Nc2ccc3[nH]c(S)nc3c2)c1=O. The summed E-state index contributed by atoms with van der Waals surface area (Å²) >= 11 is 4.16. The van der Waals surface area contributed by atoms with Crippen molar-refractivity contribution in [1.82, 2.24) is 9.97 Å². The number of hydrogen-bond donors (Lipinski definition) is 5. The van der Waals surface area contributed by atoms with Crippen molar-refractivity contribution < 1.29 is 5.11 Å². The van der Waals surface area contributed by atoms with Gasteiger partial charge in [-0.2, -0.15) is 0 Å². The number of benzene rings is 2. The summed E-state index contributed by atoms with van der Waals surface area (Å²) in [5.41, 5.74) is 2.28. The zero-order valence-corrected chi connectivity index (χ0v) is 14.3. The third kappa shape index (κ3) is 2.91. The summed E-state index contributed by atoms with van der Waals surface area (Å²) in [6, 6.07) is 12.0. The van der Waals surface area contributed by atoms with Crippen LogP contribution in [0.15, 0.2) is 57.2 Å². The van der Waals surface area contributed by atoms with Crippen LogP contribution >= 0.6 is 12.6 Å². The van der Waals surface area contributed by atoms with E-state index in [4.69, 9.17) is 0 Å². The Morgan fingerprint density at radius 1 is 1.08 bits per heavy atom. The minimum absolute atomic E-state index is 0.142. The van der Waals surface area contributed by atoms with Crippen molar-refractivity contribution in [3.63, 3.8) is 0 Å². The zero-order valence-electron chi connectivity index (χ0n) is 13.4. The normalized spacial score (nSPS) is 11.1. The molecule has 4 rings (SSSR count). The molecule has 0 aliphatic carbocycles. The number of H-pyrrole nitrogens is 1. The molecule has 4 N–H and O–H groups in total. The molecule has 3 aromatic carbocycles. The van der Waals surface area contributed by atoms with Crippen LogP contribution < -0.4 is 21.5 Å². The predicted octanol–water partition coefficient (Wildman–Crippen LogP) is 2.51. The number of thiol groups is 1. The lowest BCUT2D eigenvalue weighted by atomic mass is 10.1. The molecule has 0 atom stereocenters. The first kappa shape index (κ1) is 16.2. The number of phenolic OH excluding ortho intramolecular Hbond substituents is 1. The molecule has 0 spiro atoms. The zero-order chi connectivity index (χ0) is 18.3. The van der Waals surface area contributed by atoms with E-state index >= 15 is 0 Å². The van der Waals surface area contributed by atoms with Crippen LogP contribution in [0.1, 0.15) is 5.56 Å². The fourth-order valence-electron chi connectivity index (χ4n) is 2.75. The van der Waals surface area contributed by atoms with E-state index in [0.29, 0.717) is 22.9 Å². The van der Waals surface area contributed by atoms with Gasteiger partial charge >= 0.3 is 0 Å². The molecule has 0 saturated carbocycles. The number of aromatic amines is 1. The van der Waals surface area contributed by atoms with Gasteiger partial charge in [-0.1, -0.05) is 12.1 Å². The van der Waals surface area contributed by atoms with Crippen LogP contribution in [0.4, 0.5) is 17.1 Å². The minimum Gasteiger partial charge on any atom is -0.508 e. The number of phenols is 1. The first-order valence-electron chi connectivity index (χ1n) is 7.82. The first-order chi connectivity index (χ1) is 12.5. The number of nitrogens with zero attached hydrogens (tertiary/aromatic N) is 1. The molecule has 0 aliphatic rings. The van der Waals surface area contributed by atoms with E-state index in [1.165, 1.54) is 0 Å². The molecule has 26 heavy (non-hydrogen) atoms. The number of aromatic nitrogens is 2. The van der Waals surface area contributed by atoms with Crippen LogP contribution in [0.3, 0.4) is 0 Å². The summed E-state index contributed by atoms with van der Waals surface area (Å²) in [5, 5.41) is 15.9. The molecule has 1 heterocycles. The second-order valence-electron chi connectivity index (χ2n) is 5.85. The van der Waals surface area contributed by atoms with Crippen molar-refractivity contribution in [2.45, 2.75) is 11.7 Å². The number of imidazole rings is 1. The van der Waals surface area contributed by atoms with Crippen molar-refractivity contribution in [3.8, 4) is 5.75 Å². The highest BCUT2D eigenvalue weighted by Gasteiger charge is 2.21. The van der Waals surface area contributed by atoms with E-state index in [1.807, 2.05) is 12.1 Å². The lowest BCUT2D eigenvalue weighted by molar-refractivity contribution is 0.474. The average molecular weight is 366 g/mol. The largest absolute Gasteiger partial charge is 0.508 e. The van der Waals surface area contributed by atoms with Gasteiger partial charge in [0.1, 0.15) is 17.1 Å². The van der Waals surface area contributed by atoms with Gasteiger partial charge in [0.2, 0.25) is 0 Å². The average Bonchev–Trinajstić information content (AvgIpc) is 3.00. The lowest BCUT2D eigenvalue weighted by Gasteiger charge is -2.15. The summed E-state index contributed by atoms with van der Waals surface area (Å²) in [5.74, 6) is 0.142. The van der Waals surface area contributed by atoms with E-state index in [0.717, 1.165) is 11.1 Å². The van der Waals surface area contributed by atoms with Gasteiger partial charge in [-0.05, 0) is 35.9 Å². The van der Waals surface area contributed by atoms with Crippen molar-refractivity contribution in [2.75, 3.05) is 10.6 Å². The molecule has 1 aromatic heterocycles. The quantitative estimate of drug-likeness (QED) is 0.274. The van der Waals surface area contributed by atoms with E-state index in [1.54, 1.807) is 30.3 Å². The van der Waals surface area contributed by atoms with Crippen LogP contribution in [-0.4, -0.2) is 15.1 Å². The summed E-state index contributed by atoms with van der Waals surface area (Å²) in [6.07, 6.45) is 0. The monoisotopic (exact) mass is 366 g/mol. The highest BCUT2D eigenvalue weighted by Crippen LogP contribution is 2.24. The molecule has 7 nitrogen and oxygen atoms in total. The van der Waals surface area contributed by atoms with Crippen molar-refractivity contribution >= 4 is 40.7 Å². The molecule has 0 fully saturated rings. The van der Waals surface area contributed by atoms with Crippen LogP contribution in [0.5, 0.6) is 5.75 Å². The van der Waals surface area contributed by atoms with Crippen molar-refractivity contribution in [1.29, 1.82) is 0 Å². The Bertz CT molecular complexity index is 1190. The Morgan fingerprint density at radius 2 is 1.88 bits per heavy atom. The Hall–Kier alpha value is -3.26. The third-order valence-corrected chi connectivity index (χ3v) is 4.24. The van der Waals surface area contributed by atoms with E-state index in [-0.39, 0.29) is 17.1 Å². The highest BCUT2D eigenvalue weighted by atomic mass is 32.1. The maximum atomic E-state index is 11.9. The van der Waals surface area contributed by atoms with Gasteiger partial charge in [0, 0.05) is 12.2 Å². The summed E-state index contributed by atoms with van der Waals surface area (Å²) in [6.45, 7) is 0.315. The molecule has 0 amide bonds. The topological polar surface area (TPSA) is 107 Å². The molecule has 4 aromatic rings. The number of aromatic hydroxyl groups is 1. The third-order valence-electron chi connectivity index (χ3n) is 4.03. The summed E-state index contributed by atoms with van der Waals surface area (Å²) < 4.78 is 0. The van der Waals surface area contributed by atoms with Gasteiger partial charge in [0.05, 0.1) is 11.0 Å². The van der Waals surface area contributed by atoms with Gasteiger partial charge in [-0.25, -0.2) is 4.98 Å². The summed E-state index contributed by atoms with van der Waals surface area (Å²) in [7, 11) is 0. The van der Waals surface area contributed by atoms with E-state index in [2.05, 4.69) is 33.2 Å². The standard InChI is InChI=1S/C18H14N4O3S/c23-11-3-1-2-9(6-11)8-19-14-15(17(25)16(14)24)20-10-4-5-12-13(7-10)22-18(26)21-12/h1-7,19-20,23H,8H2,(H2,21,22,26). The second-order valence-corrected chi connectivity index (χ2v) is 6.27. The van der Waals surface area contributed by atoms with E-state index in [9.17, 15) is 14.7 Å². The highest BCUT2D eigenvalue weighted by molar-refractivity contribution is 7.80. The fourth-order valence-corrected chi connectivity index (χ4v) is 2.98. The Kier molecular flexibility index (Phi) is 3.89. The Labute approximate surface area is 152 Å². The van der Waals surface area contributed by atoms with Gasteiger partial charge in [0.25, 0.3) is 10.9 Å². The van der Waals surface area contributed by atoms with Gasteiger partial charge in [-0.15, -0.1) is 12.6 Å². The second kappa shape index (κ2) is 6.23. The molecular formula is C18H14N4O3S. The van der Waals surface area contributed by atoms with Gasteiger partial charge in [0.15, 0.2) is 5.16 Å². The van der Waals surface area contributed by atoms with Crippen molar-refractivity contribution in [3.05, 3.63) is 68.5 Å². The molecule has 0 unspecified atom stereocenters. The number of fused-ring (bicyclic) bond motifs is 1. The minimum atomic E-state index is -0.569. The molecule has 8 heteroatoms. The molecule has 0 bridgehead atoms. The Balaban J connectivity index is 1.56. The van der Waals surface area contributed by atoms with Crippen LogP contribution in [0, 0.1) is 0 Å². The van der Waals surface area contributed by atoms with Crippen LogP contribution in [-0.2, 0) is 6.54 Å². The van der Waals surface area contributed by atoms with Crippen molar-refractivity contribution in [2.24, 2.45) is 0 Å². The molecule has 0 saturated heterocycles. The number of rotatable bonds is 5. The van der Waals surface area contributed by atoms with Crippen LogP contribution in [0.2, 0.25) is 0 Å². The summed E-state index contributed by atoms with van der Waals surface area (Å²) in [4.78, 5) is 31.0. The number of hydrogen-bond acceptors (Lipinski definition) is 7. The maximum absolute atomic E-state index is 11.9. The van der Waals surface area contributed by atoms with Gasteiger partial charge in [-0.3, -0.25) is 9.59 Å². The van der Waals surface area contributed by atoms with Crippen LogP contribution in [0.25, 0.3) is 11.0 Å². The molecular weight excluding hydrogens is 352 g/mol. The Morgan fingerprint density at radius 3 is 2.69 bits per heavy atom. The van der Waals surface area contributed by atoms with Gasteiger partial charge < -0.3 is 20.7 Å². The smallest absolute Gasteiger partial charge is 0.253 e. The number of anilines is 3. The van der Waals surface area contributed by atoms with E-state index < -0.39 is 10.9 Å². The molecule has 0 aliphatic heterocycles. The molecule has 0 radical (unpaired) electrons. The number of nitrogens with one attached hydrogen (secondary N) is 3.